The van der Waals surface area contributed by atoms with Crippen molar-refractivity contribution in [2.75, 3.05) is 13.1 Å². The first-order valence-electron chi connectivity index (χ1n) is 7.68. The molecule has 0 spiro atoms. The topological polar surface area (TPSA) is 23.5 Å². The Hall–Kier alpha value is -0.340. The van der Waals surface area contributed by atoms with Gasteiger partial charge in [0.2, 0.25) is 0 Å². The first kappa shape index (κ1) is 14.1. The molecule has 2 heterocycles. The van der Waals surface area contributed by atoms with Gasteiger partial charge in [-0.2, -0.15) is 0 Å². The maximum absolute atomic E-state index is 9.34. The average molecular weight is 251 g/mol. The van der Waals surface area contributed by atoms with Crippen LogP contribution in [0.4, 0.5) is 0 Å². The number of allylic oxidation sites excluding steroid dienone is 1. The zero-order chi connectivity index (χ0) is 13.1. The summed E-state index contributed by atoms with van der Waals surface area (Å²) in [6, 6.07) is 0.856. The van der Waals surface area contributed by atoms with E-state index in [1.54, 1.807) is 5.57 Å². The first-order chi connectivity index (χ1) is 8.56. The van der Waals surface area contributed by atoms with Crippen LogP contribution in [0.1, 0.15) is 52.9 Å². The molecule has 2 nitrogen and oxygen atoms in total. The molecule has 0 unspecified atom stereocenters. The van der Waals surface area contributed by atoms with Crippen LogP contribution in [0.5, 0.6) is 0 Å². The van der Waals surface area contributed by atoms with Crippen LogP contribution in [0, 0.1) is 11.8 Å². The van der Waals surface area contributed by atoms with Crippen LogP contribution in [-0.4, -0.2) is 35.2 Å². The van der Waals surface area contributed by atoms with E-state index in [0.717, 1.165) is 24.8 Å². The van der Waals surface area contributed by atoms with E-state index in [1.165, 1.54) is 32.4 Å². The third-order valence-corrected chi connectivity index (χ3v) is 4.62. The van der Waals surface area contributed by atoms with Gasteiger partial charge in [0.05, 0.1) is 6.10 Å². The number of piperidine rings is 1. The second-order valence-corrected chi connectivity index (χ2v) is 6.59. The molecule has 2 aliphatic rings. The number of rotatable bonds is 4. The SMILES string of the molecule is C[C@H](O)CC[C@@H](C)/C=C1/C[C@@H](C)[C@@H]2CCCN2C1. The second kappa shape index (κ2) is 6.21. The Kier molecular flexibility index (Phi) is 4.85. The van der Waals surface area contributed by atoms with Crippen LogP contribution in [0.25, 0.3) is 0 Å². The third kappa shape index (κ3) is 3.58. The minimum absolute atomic E-state index is 0.154. The molecule has 0 aliphatic carbocycles. The summed E-state index contributed by atoms with van der Waals surface area (Å²) < 4.78 is 0. The van der Waals surface area contributed by atoms with Gasteiger partial charge in [0, 0.05) is 12.6 Å². The zero-order valence-electron chi connectivity index (χ0n) is 12.2. The van der Waals surface area contributed by atoms with E-state index in [1.807, 2.05) is 6.92 Å². The van der Waals surface area contributed by atoms with Crippen LogP contribution in [0.3, 0.4) is 0 Å². The molecule has 18 heavy (non-hydrogen) atoms. The fourth-order valence-electron chi connectivity index (χ4n) is 3.68. The fraction of sp³-hybridized carbons (Fsp3) is 0.875. The number of aliphatic hydroxyl groups is 1. The highest BCUT2D eigenvalue weighted by atomic mass is 16.3. The summed E-state index contributed by atoms with van der Waals surface area (Å²) in [7, 11) is 0. The normalized spacial score (nSPS) is 34.6. The molecule has 4 atom stereocenters. The number of hydrogen-bond acceptors (Lipinski definition) is 2. The lowest BCUT2D eigenvalue weighted by molar-refractivity contribution is 0.174. The molecule has 0 saturated carbocycles. The van der Waals surface area contributed by atoms with Crippen molar-refractivity contribution in [3.63, 3.8) is 0 Å². The lowest BCUT2D eigenvalue weighted by Gasteiger charge is -2.36. The highest BCUT2D eigenvalue weighted by Gasteiger charge is 2.33. The highest BCUT2D eigenvalue weighted by molar-refractivity contribution is 5.13. The Morgan fingerprint density at radius 1 is 1.39 bits per heavy atom. The number of aliphatic hydroxyl groups excluding tert-OH is 1. The molecule has 2 saturated heterocycles. The largest absolute Gasteiger partial charge is 0.393 e. The van der Waals surface area contributed by atoms with Crippen LogP contribution in [0.15, 0.2) is 11.6 Å². The molecule has 1 N–H and O–H groups in total. The Morgan fingerprint density at radius 2 is 2.17 bits per heavy atom. The van der Waals surface area contributed by atoms with Crippen LogP contribution >= 0.6 is 0 Å². The summed E-state index contributed by atoms with van der Waals surface area (Å²) in [6.07, 6.45) is 8.45. The second-order valence-electron chi connectivity index (χ2n) is 6.59. The Morgan fingerprint density at radius 3 is 2.89 bits per heavy atom. The molecule has 0 aromatic rings. The summed E-state index contributed by atoms with van der Waals surface area (Å²) in [4.78, 5) is 2.68. The van der Waals surface area contributed by atoms with Gasteiger partial charge in [-0.15, -0.1) is 0 Å². The van der Waals surface area contributed by atoms with E-state index in [9.17, 15) is 5.11 Å². The predicted octanol–water partition coefficient (Wildman–Crippen LogP) is 3.21. The Balaban J connectivity index is 1.88. The van der Waals surface area contributed by atoms with Gasteiger partial charge in [-0.3, -0.25) is 4.90 Å². The molecule has 2 fully saturated rings. The molecule has 0 amide bonds. The quantitative estimate of drug-likeness (QED) is 0.776. The van der Waals surface area contributed by atoms with Crippen molar-refractivity contribution < 1.29 is 5.11 Å². The minimum atomic E-state index is -0.154. The van der Waals surface area contributed by atoms with Gasteiger partial charge in [0.1, 0.15) is 0 Å². The lowest BCUT2D eigenvalue weighted by atomic mass is 9.86. The summed E-state index contributed by atoms with van der Waals surface area (Å²) >= 11 is 0. The van der Waals surface area contributed by atoms with E-state index in [0.29, 0.717) is 5.92 Å². The number of nitrogens with zero attached hydrogens (tertiary/aromatic N) is 1. The first-order valence-corrected chi connectivity index (χ1v) is 7.68. The van der Waals surface area contributed by atoms with Crippen LogP contribution in [-0.2, 0) is 0 Å². The van der Waals surface area contributed by atoms with Gasteiger partial charge < -0.3 is 5.11 Å². The summed E-state index contributed by atoms with van der Waals surface area (Å²) in [6.45, 7) is 9.09. The van der Waals surface area contributed by atoms with Gasteiger partial charge in [-0.1, -0.05) is 25.5 Å². The Bertz CT molecular complexity index is 297. The maximum Gasteiger partial charge on any atom is 0.0512 e. The van der Waals surface area contributed by atoms with E-state index in [-0.39, 0.29) is 6.10 Å². The van der Waals surface area contributed by atoms with Gasteiger partial charge in [0.15, 0.2) is 0 Å². The molecule has 0 aromatic heterocycles. The molecule has 104 valence electrons. The van der Waals surface area contributed by atoms with E-state index in [2.05, 4.69) is 24.8 Å². The van der Waals surface area contributed by atoms with Crippen molar-refractivity contribution in [3.8, 4) is 0 Å². The zero-order valence-corrected chi connectivity index (χ0v) is 12.2. The van der Waals surface area contributed by atoms with Crippen molar-refractivity contribution in [2.45, 2.75) is 65.0 Å². The minimum Gasteiger partial charge on any atom is -0.393 e. The van der Waals surface area contributed by atoms with Crippen molar-refractivity contribution in [3.05, 3.63) is 11.6 Å². The molecular weight excluding hydrogens is 222 g/mol. The predicted molar refractivity (Wildman–Crippen MR) is 76.5 cm³/mol. The van der Waals surface area contributed by atoms with Crippen molar-refractivity contribution in [1.29, 1.82) is 0 Å². The summed E-state index contributed by atoms with van der Waals surface area (Å²) in [5, 5.41) is 9.34. The van der Waals surface area contributed by atoms with Crippen LogP contribution < -0.4 is 0 Å². The highest BCUT2D eigenvalue weighted by Crippen LogP contribution is 2.34. The standard InChI is InChI=1S/C16H29NO/c1-12(6-7-14(3)18)9-15-10-13(2)16-5-4-8-17(16)11-15/h9,12-14,16,18H,4-8,10-11H2,1-3H3/b15-9-/t12-,13-,14+,16+/m1/s1. The molecule has 2 rings (SSSR count). The molecule has 0 radical (unpaired) electrons. The maximum atomic E-state index is 9.34. The fourth-order valence-corrected chi connectivity index (χ4v) is 3.68. The smallest absolute Gasteiger partial charge is 0.0512 e. The molecule has 2 heteroatoms. The monoisotopic (exact) mass is 251 g/mol. The average Bonchev–Trinajstić information content (AvgIpc) is 2.75. The number of hydrogen-bond donors (Lipinski definition) is 1. The van der Waals surface area contributed by atoms with Gasteiger partial charge in [-0.25, -0.2) is 0 Å². The molecule has 0 bridgehead atoms. The van der Waals surface area contributed by atoms with Gasteiger partial charge in [-0.05, 0) is 57.4 Å². The summed E-state index contributed by atoms with van der Waals surface area (Å²) in [5.41, 5.74) is 1.64. The summed E-state index contributed by atoms with van der Waals surface area (Å²) in [5.74, 6) is 1.44. The van der Waals surface area contributed by atoms with Crippen LogP contribution in [0.2, 0.25) is 0 Å². The van der Waals surface area contributed by atoms with E-state index >= 15 is 0 Å². The lowest BCUT2D eigenvalue weighted by Crippen LogP contribution is -2.40. The Labute approximate surface area is 112 Å². The van der Waals surface area contributed by atoms with Crippen molar-refractivity contribution in [2.24, 2.45) is 11.8 Å². The van der Waals surface area contributed by atoms with E-state index < -0.39 is 0 Å². The molecular formula is C16H29NO. The molecule has 2 aliphatic heterocycles. The van der Waals surface area contributed by atoms with Crippen molar-refractivity contribution in [1.82, 2.24) is 4.90 Å². The van der Waals surface area contributed by atoms with Gasteiger partial charge in [0.25, 0.3) is 0 Å². The number of fused-ring (bicyclic) bond motifs is 1. The molecule has 0 aromatic carbocycles. The van der Waals surface area contributed by atoms with Crippen molar-refractivity contribution >= 4 is 0 Å². The van der Waals surface area contributed by atoms with Gasteiger partial charge >= 0.3 is 0 Å². The van der Waals surface area contributed by atoms with E-state index in [4.69, 9.17) is 0 Å². The third-order valence-electron chi connectivity index (χ3n) is 4.62.